The van der Waals surface area contributed by atoms with Gasteiger partial charge in [-0.1, -0.05) is 0 Å². The lowest BCUT2D eigenvalue weighted by Crippen LogP contribution is -2.29. The Balaban J connectivity index is 2.33. The molecule has 0 amide bonds. The fraction of sp³-hybridized carbons (Fsp3) is 0.833. The molecule has 0 aromatic rings. The van der Waals surface area contributed by atoms with Crippen molar-refractivity contribution in [3.8, 4) is 0 Å². The Morgan fingerprint density at radius 3 is 2.70 bits per heavy atom. The van der Waals surface area contributed by atoms with Crippen molar-refractivity contribution in [3.63, 3.8) is 0 Å². The maximum Gasteiger partial charge on any atom is 0.255 e. The second kappa shape index (κ2) is 2.94. The van der Waals surface area contributed by atoms with Crippen molar-refractivity contribution in [2.24, 2.45) is 0 Å². The van der Waals surface area contributed by atoms with Crippen molar-refractivity contribution < 1.29 is 8.78 Å². The van der Waals surface area contributed by atoms with Gasteiger partial charge < -0.3 is 4.90 Å². The van der Waals surface area contributed by atoms with Crippen molar-refractivity contribution in [2.75, 3.05) is 13.1 Å². The fourth-order valence-corrected chi connectivity index (χ4v) is 1.10. The topological polar surface area (TPSA) is 27.1 Å². The van der Waals surface area contributed by atoms with Crippen LogP contribution in [-0.2, 0) is 0 Å². The van der Waals surface area contributed by atoms with E-state index in [1.807, 2.05) is 0 Å². The number of alkyl halides is 2. The third-order valence-electron chi connectivity index (χ3n) is 1.58. The van der Waals surface area contributed by atoms with Crippen LogP contribution in [-0.4, -0.2) is 30.3 Å². The van der Waals surface area contributed by atoms with Gasteiger partial charge in [-0.05, 0) is 6.42 Å². The van der Waals surface area contributed by atoms with Gasteiger partial charge in [0.15, 0.2) is 0 Å². The van der Waals surface area contributed by atoms with E-state index in [9.17, 15) is 8.78 Å². The van der Waals surface area contributed by atoms with E-state index in [0.29, 0.717) is 18.8 Å². The highest BCUT2D eigenvalue weighted by Crippen LogP contribution is 2.11. The van der Waals surface area contributed by atoms with Crippen LogP contribution in [0, 0.1) is 5.41 Å². The summed E-state index contributed by atoms with van der Waals surface area (Å²) in [5.74, 6) is 0.361. The molecule has 0 aromatic heterocycles. The molecule has 1 fully saturated rings. The van der Waals surface area contributed by atoms with Gasteiger partial charge in [0, 0.05) is 13.0 Å². The van der Waals surface area contributed by atoms with Crippen LogP contribution in [0.25, 0.3) is 0 Å². The minimum Gasteiger partial charge on any atom is -0.355 e. The third-order valence-corrected chi connectivity index (χ3v) is 1.58. The predicted molar refractivity (Wildman–Crippen MR) is 34.5 cm³/mol. The van der Waals surface area contributed by atoms with Crippen LogP contribution < -0.4 is 0 Å². The van der Waals surface area contributed by atoms with Crippen LogP contribution in [0.15, 0.2) is 0 Å². The molecular weight excluding hydrogens is 138 g/mol. The van der Waals surface area contributed by atoms with Crippen LogP contribution in [0.4, 0.5) is 8.78 Å². The van der Waals surface area contributed by atoms with Crippen LogP contribution in [0.3, 0.4) is 0 Å². The van der Waals surface area contributed by atoms with E-state index < -0.39 is 6.43 Å². The summed E-state index contributed by atoms with van der Waals surface area (Å²) in [7, 11) is 0. The summed E-state index contributed by atoms with van der Waals surface area (Å²) in [4.78, 5) is 1.44. The highest BCUT2D eigenvalue weighted by Gasteiger charge is 2.19. The summed E-state index contributed by atoms with van der Waals surface area (Å²) in [6.45, 7) is 0.363. The second-order valence-corrected chi connectivity index (χ2v) is 2.39. The number of halogens is 2. The van der Waals surface area contributed by atoms with Crippen molar-refractivity contribution in [2.45, 2.75) is 19.3 Å². The SMILES string of the molecule is N=C1CCCN1CC(F)F. The Kier molecular flexibility index (Phi) is 2.19. The van der Waals surface area contributed by atoms with Crippen LogP contribution >= 0.6 is 0 Å². The monoisotopic (exact) mass is 148 g/mol. The summed E-state index contributed by atoms with van der Waals surface area (Å²) in [5, 5.41) is 7.19. The van der Waals surface area contributed by atoms with Gasteiger partial charge in [-0.3, -0.25) is 5.41 Å². The quantitative estimate of drug-likeness (QED) is 0.628. The van der Waals surface area contributed by atoms with Crippen molar-refractivity contribution in [1.82, 2.24) is 4.90 Å². The molecule has 10 heavy (non-hydrogen) atoms. The van der Waals surface area contributed by atoms with Crippen LogP contribution in [0.1, 0.15) is 12.8 Å². The fourth-order valence-electron chi connectivity index (χ4n) is 1.10. The Hall–Kier alpha value is -0.670. The summed E-state index contributed by atoms with van der Waals surface area (Å²) >= 11 is 0. The van der Waals surface area contributed by atoms with Crippen LogP contribution in [0.2, 0.25) is 0 Å². The Morgan fingerprint density at radius 1 is 1.60 bits per heavy atom. The standard InChI is InChI=1S/C6H10F2N2/c7-5(8)4-10-3-1-2-6(10)9/h5,9H,1-4H2. The van der Waals surface area contributed by atoms with Crippen LogP contribution in [0.5, 0.6) is 0 Å². The minimum absolute atomic E-state index is 0.265. The lowest BCUT2D eigenvalue weighted by molar-refractivity contribution is 0.119. The van der Waals surface area contributed by atoms with E-state index in [0.717, 1.165) is 6.42 Å². The number of amidine groups is 1. The maximum atomic E-state index is 11.7. The largest absolute Gasteiger partial charge is 0.355 e. The van der Waals surface area contributed by atoms with E-state index in [1.165, 1.54) is 4.90 Å². The second-order valence-electron chi connectivity index (χ2n) is 2.39. The Morgan fingerprint density at radius 2 is 2.30 bits per heavy atom. The highest BCUT2D eigenvalue weighted by atomic mass is 19.3. The molecule has 1 rings (SSSR count). The van der Waals surface area contributed by atoms with Crippen molar-refractivity contribution in [1.29, 1.82) is 5.41 Å². The molecule has 1 saturated heterocycles. The van der Waals surface area contributed by atoms with E-state index >= 15 is 0 Å². The summed E-state index contributed by atoms with van der Waals surface area (Å²) < 4.78 is 23.4. The van der Waals surface area contributed by atoms with E-state index in [4.69, 9.17) is 5.41 Å². The van der Waals surface area contributed by atoms with Gasteiger partial charge in [0.1, 0.15) is 0 Å². The molecule has 2 nitrogen and oxygen atoms in total. The van der Waals surface area contributed by atoms with Crippen molar-refractivity contribution in [3.05, 3.63) is 0 Å². The first-order chi connectivity index (χ1) is 4.70. The molecule has 0 radical (unpaired) electrons. The first kappa shape index (κ1) is 7.44. The lowest BCUT2D eigenvalue weighted by Gasteiger charge is -2.15. The van der Waals surface area contributed by atoms with Gasteiger partial charge in [0.05, 0.1) is 12.4 Å². The van der Waals surface area contributed by atoms with E-state index in [1.54, 1.807) is 0 Å². The minimum atomic E-state index is -2.31. The number of hydrogen-bond acceptors (Lipinski definition) is 1. The molecular formula is C6H10F2N2. The third kappa shape index (κ3) is 1.65. The predicted octanol–water partition coefficient (Wildman–Crippen LogP) is 1.32. The molecule has 1 aliphatic rings. The molecule has 58 valence electrons. The normalized spacial score (nSPS) is 19.1. The molecule has 0 spiro atoms. The highest BCUT2D eigenvalue weighted by molar-refractivity contribution is 5.80. The molecule has 4 heteroatoms. The molecule has 0 aliphatic carbocycles. The summed E-state index contributed by atoms with van der Waals surface area (Å²) in [6.07, 6.45) is -0.795. The molecule has 0 saturated carbocycles. The summed E-state index contributed by atoms with van der Waals surface area (Å²) in [5.41, 5.74) is 0. The number of likely N-dealkylation sites (tertiary alicyclic amines) is 1. The smallest absolute Gasteiger partial charge is 0.255 e. The van der Waals surface area contributed by atoms with E-state index in [2.05, 4.69) is 0 Å². The first-order valence-corrected chi connectivity index (χ1v) is 3.30. The maximum absolute atomic E-state index is 11.7. The van der Waals surface area contributed by atoms with Crippen molar-refractivity contribution >= 4 is 5.84 Å². The molecule has 0 atom stereocenters. The zero-order valence-corrected chi connectivity index (χ0v) is 5.61. The molecule has 1 N–H and O–H groups in total. The number of nitrogens with one attached hydrogen (secondary N) is 1. The van der Waals surface area contributed by atoms with Gasteiger partial charge in [0.25, 0.3) is 6.43 Å². The first-order valence-electron chi connectivity index (χ1n) is 3.30. The van der Waals surface area contributed by atoms with E-state index in [-0.39, 0.29) is 6.54 Å². The zero-order valence-electron chi connectivity index (χ0n) is 5.61. The average molecular weight is 148 g/mol. The number of nitrogens with zero attached hydrogens (tertiary/aromatic N) is 1. The van der Waals surface area contributed by atoms with Gasteiger partial charge in [-0.2, -0.15) is 0 Å². The van der Waals surface area contributed by atoms with Gasteiger partial charge in [0.2, 0.25) is 0 Å². The molecule has 0 bridgehead atoms. The number of hydrogen-bond donors (Lipinski definition) is 1. The number of rotatable bonds is 2. The van der Waals surface area contributed by atoms with Gasteiger partial charge >= 0.3 is 0 Å². The zero-order chi connectivity index (χ0) is 7.56. The molecule has 1 heterocycles. The molecule has 0 unspecified atom stereocenters. The average Bonchev–Trinajstić information content (AvgIpc) is 2.15. The molecule has 1 aliphatic heterocycles. The summed E-state index contributed by atoms with van der Waals surface area (Å²) in [6, 6.07) is 0. The Bertz CT molecular complexity index is 136. The van der Waals surface area contributed by atoms with Gasteiger partial charge in [-0.25, -0.2) is 8.78 Å². The van der Waals surface area contributed by atoms with Gasteiger partial charge in [-0.15, -0.1) is 0 Å². The Labute approximate surface area is 58.3 Å². The molecule has 0 aromatic carbocycles. The lowest BCUT2D eigenvalue weighted by atomic mass is 10.4.